The van der Waals surface area contributed by atoms with Crippen LogP contribution >= 0.6 is 0 Å². The maximum absolute atomic E-state index is 13.7. The van der Waals surface area contributed by atoms with Crippen LogP contribution in [-0.2, 0) is 21.5 Å². The quantitative estimate of drug-likeness (QED) is 0.641. The highest BCUT2D eigenvalue weighted by Gasteiger charge is 2.48. The molecule has 1 aliphatic carbocycles. The van der Waals surface area contributed by atoms with Gasteiger partial charge in [0.25, 0.3) is 5.91 Å². The van der Waals surface area contributed by atoms with Crippen LogP contribution < -0.4 is 5.32 Å². The molecular weight excluding hydrogens is 404 g/mol. The van der Waals surface area contributed by atoms with Crippen LogP contribution in [0.25, 0.3) is 0 Å². The monoisotopic (exact) mass is 446 g/mol. The molecule has 1 saturated carbocycles. The summed E-state index contributed by atoms with van der Waals surface area (Å²) in [5, 5.41) is 8.04. The van der Waals surface area contributed by atoms with E-state index in [0.717, 1.165) is 31.4 Å². The molecule has 180 valence electrons. The summed E-state index contributed by atoms with van der Waals surface area (Å²) in [7, 11) is 0. The Kier molecular flexibility index (Phi) is 8.01. The van der Waals surface area contributed by atoms with Crippen LogP contribution in [0.1, 0.15) is 102 Å². The molecule has 0 saturated heterocycles. The summed E-state index contributed by atoms with van der Waals surface area (Å²) in [4.78, 5) is 29.0. The molecule has 1 atom stereocenters. The summed E-state index contributed by atoms with van der Waals surface area (Å²) >= 11 is 0. The van der Waals surface area contributed by atoms with Gasteiger partial charge in [0.2, 0.25) is 5.91 Å². The minimum atomic E-state index is -0.972. The van der Waals surface area contributed by atoms with Crippen molar-refractivity contribution in [3.8, 4) is 0 Å². The Balaban J connectivity index is 1.85. The van der Waals surface area contributed by atoms with Gasteiger partial charge in [-0.05, 0) is 39.2 Å². The molecule has 0 radical (unpaired) electrons. The summed E-state index contributed by atoms with van der Waals surface area (Å²) in [6.45, 7) is 12.2. The zero-order chi connectivity index (χ0) is 23.4. The van der Waals surface area contributed by atoms with Crippen LogP contribution in [0.5, 0.6) is 0 Å². The first kappa shape index (κ1) is 24.7. The van der Waals surface area contributed by atoms with Crippen molar-refractivity contribution >= 4 is 11.8 Å². The second-order valence-electron chi connectivity index (χ2n) is 10.6. The predicted octanol–water partition coefficient (Wildman–Crippen LogP) is 4.05. The van der Waals surface area contributed by atoms with E-state index in [9.17, 15) is 9.59 Å². The van der Waals surface area contributed by atoms with E-state index in [2.05, 4.69) is 26.1 Å². The van der Waals surface area contributed by atoms with Crippen LogP contribution in [0.3, 0.4) is 0 Å². The van der Waals surface area contributed by atoms with Gasteiger partial charge in [0.05, 0.1) is 12.2 Å². The van der Waals surface area contributed by atoms with Crippen molar-refractivity contribution in [2.45, 2.75) is 110 Å². The van der Waals surface area contributed by atoms with Crippen molar-refractivity contribution in [2.75, 3.05) is 19.8 Å². The highest BCUT2D eigenvalue weighted by atomic mass is 16.5. The number of aromatic nitrogens is 2. The number of carbonyl (C=O) groups excluding carboxylic acids is 2. The average Bonchev–Trinajstić information content (AvgIpc) is 3.13. The highest BCUT2D eigenvalue weighted by molar-refractivity contribution is 5.99. The molecule has 1 aliphatic heterocycles. The normalized spacial score (nSPS) is 22.9. The van der Waals surface area contributed by atoms with Crippen molar-refractivity contribution in [1.82, 2.24) is 20.0 Å². The first-order valence-electron chi connectivity index (χ1n) is 12.5. The van der Waals surface area contributed by atoms with Gasteiger partial charge in [0.1, 0.15) is 11.2 Å². The lowest BCUT2D eigenvalue weighted by atomic mass is 9.91. The van der Waals surface area contributed by atoms with Crippen molar-refractivity contribution in [3.05, 3.63) is 17.5 Å². The van der Waals surface area contributed by atoms with Crippen LogP contribution in [0, 0.1) is 0 Å². The molecular formula is C25H42N4O3. The fourth-order valence-electron chi connectivity index (χ4n) is 4.77. The third kappa shape index (κ3) is 5.53. The Morgan fingerprint density at radius 1 is 1.22 bits per heavy atom. The molecule has 7 heteroatoms. The van der Waals surface area contributed by atoms with Crippen molar-refractivity contribution in [2.24, 2.45) is 0 Å². The molecule has 3 rings (SSSR count). The second kappa shape index (κ2) is 10.4. The lowest BCUT2D eigenvalue weighted by Crippen LogP contribution is -2.65. The lowest BCUT2D eigenvalue weighted by molar-refractivity contribution is -0.134. The summed E-state index contributed by atoms with van der Waals surface area (Å²) < 4.78 is 7.25. The molecule has 2 amide bonds. The Morgan fingerprint density at radius 3 is 2.50 bits per heavy atom. The number of amides is 2. The Labute approximate surface area is 193 Å². The van der Waals surface area contributed by atoms with Crippen molar-refractivity contribution in [3.63, 3.8) is 0 Å². The number of carbonyl (C=O) groups is 2. The van der Waals surface area contributed by atoms with Crippen LogP contribution in [-0.4, -0.2) is 57.8 Å². The number of rotatable bonds is 7. The van der Waals surface area contributed by atoms with E-state index in [0.29, 0.717) is 38.4 Å². The van der Waals surface area contributed by atoms with E-state index in [1.165, 1.54) is 19.3 Å². The van der Waals surface area contributed by atoms with E-state index in [1.807, 2.05) is 19.9 Å². The van der Waals surface area contributed by atoms with Gasteiger partial charge in [-0.25, -0.2) is 0 Å². The molecule has 1 N–H and O–H groups in total. The van der Waals surface area contributed by atoms with Crippen LogP contribution in [0.15, 0.2) is 6.07 Å². The molecule has 0 aromatic carbocycles. The minimum Gasteiger partial charge on any atom is -0.382 e. The summed E-state index contributed by atoms with van der Waals surface area (Å²) in [6, 6.07) is 2.08. The molecule has 1 fully saturated rings. The number of nitrogens with zero attached hydrogens (tertiary/aromatic N) is 3. The Bertz CT molecular complexity index is 790. The number of hydrogen-bond donors (Lipinski definition) is 1. The summed E-state index contributed by atoms with van der Waals surface area (Å²) in [5.74, 6) is -0.183. The average molecular weight is 447 g/mol. The molecule has 0 spiro atoms. The number of nitrogens with one attached hydrogen (secondary N) is 1. The first-order chi connectivity index (χ1) is 15.2. The summed E-state index contributed by atoms with van der Waals surface area (Å²) in [5.41, 5.74) is 0.309. The van der Waals surface area contributed by atoms with E-state index in [1.54, 1.807) is 9.58 Å². The smallest absolute Gasteiger partial charge is 0.273 e. The van der Waals surface area contributed by atoms with Crippen molar-refractivity contribution < 1.29 is 14.3 Å². The van der Waals surface area contributed by atoms with Gasteiger partial charge in [-0.1, -0.05) is 52.9 Å². The maximum Gasteiger partial charge on any atom is 0.273 e. The maximum atomic E-state index is 13.7. The molecule has 2 aliphatic rings. The van der Waals surface area contributed by atoms with Gasteiger partial charge >= 0.3 is 0 Å². The topological polar surface area (TPSA) is 76.5 Å². The van der Waals surface area contributed by atoms with E-state index >= 15 is 0 Å². The molecule has 32 heavy (non-hydrogen) atoms. The zero-order valence-electron chi connectivity index (χ0n) is 20.7. The fourth-order valence-corrected chi connectivity index (χ4v) is 4.77. The molecule has 1 unspecified atom stereocenters. The first-order valence-corrected chi connectivity index (χ1v) is 12.5. The SMILES string of the molecule is CCOCCCN1C(=O)c2cc(C(C)(C)C)nn2CC1(C)C(=O)NC1CCCCCCC1. The lowest BCUT2D eigenvalue weighted by Gasteiger charge is -2.44. The van der Waals surface area contributed by atoms with Crippen LogP contribution in [0.4, 0.5) is 0 Å². The second-order valence-corrected chi connectivity index (χ2v) is 10.6. The van der Waals surface area contributed by atoms with Gasteiger partial charge in [-0.2, -0.15) is 5.10 Å². The fraction of sp³-hybridized carbons (Fsp3) is 0.800. The van der Waals surface area contributed by atoms with Gasteiger partial charge < -0.3 is 15.0 Å². The summed E-state index contributed by atoms with van der Waals surface area (Å²) in [6.07, 6.45) is 8.79. The zero-order valence-corrected chi connectivity index (χ0v) is 20.7. The number of ether oxygens (including phenoxy) is 1. The van der Waals surface area contributed by atoms with Gasteiger partial charge in [0.15, 0.2) is 0 Å². The molecule has 2 heterocycles. The van der Waals surface area contributed by atoms with Crippen molar-refractivity contribution in [1.29, 1.82) is 0 Å². The number of hydrogen-bond acceptors (Lipinski definition) is 4. The van der Waals surface area contributed by atoms with E-state index < -0.39 is 5.54 Å². The van der Waals surface area contributed by atoms with Gasteiger partial charge in [0, 0.05) is 31.2 Å². The minimum absolute atomic E-state index is 0.0636. The third-order valence-corrected chi connectivity index (χ3v) is 6.87. The van der Waals surface area contributed by atoms with Gasteiger partial charge in [-0.15, -0.1) is 0 Å². The Morgan fingerprint density at radius 2 is 1.88 bits per heavy atom. The largest absolute Gasteiger partial charge is 0.382 e. The van der Waals surface area contributed by atoms with Crippen LogP contribution in [0.2, 0.25) is 0 Å². The predicted molar refractivity (Wildman–Crippen MR) is 126 cm³/mol. The highest BCUT2D eigenvalue weighted by Crippen LogP contribution is 2.31. The Hall–Kier alpha value is -1.89. The van der Waals surface area contributed by atoms with E-state index in [4.69, 9.17) is 9.84 Å². The molecule has 1 aromatic rings. The molecule has 0 bridgehead atoms. The standard InChI is InChI=1S/C25H42N4O3/c1-6-32-16-12-15-28-22(30)20-17-21(24(2,3)4)27-29(20)18-25(28,5)23(31)26-19-13-10-8-7-9-11-14-19/h17,19H,6-16,18H2,1-5H3,(H,26,31). The number of fused-ring (bicyclic) bond motifs is 1. The molecule has 1 aromatic heterocycles. The third-order valence-electron chi connectivity index (χ3n) is 6.87. The van der Waals surface area contributed by atoms with Gasteiger partial charge in [-0.3, -0.25) is 14.3 Å². The molecule has 7 nitrogen and oxygen atoms in total. The van der Waals surface area contributed by atoms with E-state index in [-0.39, 0.29) is 23.3 Å².